The van der Waals surface area contributed by atoms with Gasteiger partial charge in [-0.25, -0.2) is 8.42 Å². The van der Waals surface area contributed by atoms with Crippen molar-refractivity contribution in [3.63, 3.8) is 0 Å². The summed E-state index contributed by atoms with van der Waals surface area (Å²) in [6.07, 6.45) is 3.29. The Kier molecular flexibility index (Phi) is 4.64. The molecule has 8 heteroatoms. The van der Waals surface area contributed by atoms with Gasteiger partial charge in [0.25, 0.3) is 0 Å². The van der Waals surface area contributed by atoms with E-state index in [2.05, 4.69) is 10.5 Å². The molecule has 2 bridgehead atoms. The zero-order valence-corrected chi connectivity index (χ0v) is 14.3. The van der Waals surface area contributed by atoms with E-state index in [1.54, 1.807) is 10.4 Å². The van der Waals surface area contributed by atoms with Gasteiger partial charge in [0.2, 0.25) is 10.0 Å². The lowest BCUT2D eigenvalue weighted by molar-refractivity contribution is 0.190. The summed E-state index contributed by atoms with van der Waals surface area (Å²) in [5.41, 5.74) is 1.13. The number of aromatic nitrogens is 1. The molecule has 4 rings (SSSR count). The Morgan fingerprint density at radius 3 is 2.65 bits per heavy atom. The van der Waals surface area contributed by atoms with Gasteiger partial charge in [0.1, 0.15) is 11.4 Å². The van der Waals surface area contributed by atoms with Crippen LogP contribution in [0.25, 0.3) is 11.0 Å². The number of rotatable bonds is 3. The fourth-order valence-electron chi connectivity index (χ4n) is 3.50. The summed E-state index contributed by atoms with van der Waals surface area (Å²) < 4.78 is 32.3. The molecule has 2 fully saturated rings. The maximum atomic E-state index is 12.7. The first kappa shape index (κ1) is 16.7. The van der Waals surface area contributed by atoms with Crippen molar-refractivity contribution in [3.05, 3.63) is 30.0 Å². The number of nitrogens with zero attached hydrogens (tertiary/aromatic N) is 2. The number of piperidine rings is 1. The van der Waals surface area contributed by atoms with Gasteiger partial charge in [-0.05, 0) is 25.0 Å². The second kappa shape index (κ2) is 6.39. The highest BCUT2D eigenvalue weighted by Crippen LogP contribution is 2.25. The Morgan fingerprint density at radius 2 is 1.91 bits per heavy atom. The predicted molar refractivity (Wildman–Crippen MR) is 90.0 cm³/mol. The summed E-state index contributed by atoms with van der Waals surface area (Å²) in [6, 6.07) is 7.94. The Bertz CT molecular complexity index is 780. The van der Waals surface area contributed by atoms with Crippen molar-refractivity contribution in [2.75, 3.05) is 13.1 Å². The molecule has 0 saturated carbocycles. The summed E-state index contributed by atoms with van der Waals surface area (Å²) in [5.74, 6) is -0.0938. The van der Waals surface area contributed by atoms with E-state index >= 15 is 0 Å². The van der Waals surface area contributed by atoms with E-state index in [1.165, 1.54) is 6.42 Å². The van der Waals surface area contributed by atoms with Crippen molar-refractivity contribution in [1.82, 2.24) is 14.8 Å². The predicted octanol–water partition coefficient (Wildman–Crippen LogP) is 1.91. The number of benzene rings is 1. The third kappa shape index (κ3) is 3.24. The van der Waals surface area contributed by atoms with E-state index in [1.807, 2.05) is 18.2 Å². The molecule has 2 saturated heterocycles. The Balaban J connectivity index is 0.00000156. The molecule has 1 N–H and O–H groups in total. The molecule has 3 heterocycles. The van der Waals surface area contributed by atoms with Gasteiger partial charge in [-0.3, -0.25) is 0 Å². The second-order valence-corrected chi connectivity index (χ2v) is 8.16. The zero-order chi connectivity index (χ0) is 15.2. The molecule has 1 aromatic heterocycles. The van der Waals surface area contributed by atoms with Gasteiger partial charge in [-0.15, -0.1) is 12.4 Å². The molecule has 0 amide bonds. The van der Waals surface area contributed by atoms with Crippen LogP contribution in [0.5, 0.6) is 0 Å². The number of sulfonamides is 1. The van der Waals surface area contributed by atoms with Crippen LogP contribution in [0, 0.1) is 0 Å². The van der Waals surface area contributed by atoms with Crippen LogP contribution in [-0.4, -0.2) is 43.1 Å². The number of nitrogens with one attached hydrogen (secondary N) is 1. The Morgan fingerprint density at radius 1 is 1.22 bits per heavy atom. The van der Waals surface area contributed by atoms with Crippen molar-refractivity contribution < 1.29 is 12.9 Å². The highest BCUT2D eigenvalue weighted by molar-refractivity contribution is 7.88. The van der Waals surface area contributed by atoms with Crippen LogP contribution in [0.2, 0.25) is 0 Å². The molecule has 2 aliphatic heterocycles. The van der Waals surface area contributed by atoms with Crippen molar-refractivity contribution >= 4 is 33.4 Å². The van der Waals surface area contributed by atoms with Crippen LogP contribution < -0.4 is 5.32 Å². The third-order valence-electron chi connectivity index (χ3n) is 4.59. The molecule has 2 aromatic rings. The summed E-state index contributed by atoms with van der Waals surface area (Å²) in [5, 5.41) is 8.23. The van der Waals surface area contributed by atoms with E-state index < -0.39 is 10.0 Å². The molecule has 2 aliphatic rings. The van der Waals surface area contributed by atoms with Crippen LogP contribution in [0.4, 0.5) is 0 Å². The number of fused-ring (bicyclic) bond motifs is 3. The molecule has 126 valence electrons. The maximum Gasteiger partial charge on any atom is 0.220 e. The van der Waals surface area contributed by atoms with E-state index in [4.69, 9.17) is 4.52 Å². The Labute approximate surface area is 141 Å². The lowest BCUT2D eigenvalue weighted by Crippen LogP contribution is -2.59. The number of piperazine rings is 1. The summed E-state index contributed by atoms with van der Waals surface area (Å²) >= 11 is 0. The van der Waals surface area contributed by atoms with Crippen LogP contribution in [0.3, 0.4) is 0 Å². The topological polar surface area (TPSA) is 75.4 Å². The lowest BCUT2D eigenvalue weighted by Gasteiger charge is -2.41. The maximum absolute atomic E-state index is 12.7. The van der Waals surface area contributed by atoms with Crippen LogP contribution >= 0.6 is 12.4 Å². The number of halogens is 1. The second-order valence-electron chi connectivity index (χ2n) is 6.19. The Hall–Kier alpha value is -1.15. The van der Waals surface area contributed by atoms with E-state index in [9.17, 15) is 8.42 Å². The summed E-state index contributed by atoms with van der Waals surface area (Å²) in [6.45, 7) is 1.13. The fourth-order valence-corrected chi connectivity index (χ4v) is 5.05. The quantitative estimate of drug-likeness (QED) is 0.908. The van der Waals surface area contributed by atoms with Gasteiger partial charge in [0.15, 0.2) is 5.58 Å². The molecule has 2 unspecified atom stereocenters. The van der Waals surface area contributed by atoms with Gasteiger partial charge in [-0.2, -0.15) is 4.31 Å². The summed E-state index contributed by atoms with van der Waals surface area (Å²) in [7, 11) is -3.37. The first-order valence-corrected chi connectivity index (χ1v) is 9.30. The number of hydrogen-bond donors (Lipinski definition) is 1. The molecule has 6 nitrogen and oxygen atoms in total. The van der Waals surface area contributed by atoms with Crippen molar-refractivity contribution in [2.45, 2.75) is 37.1 Å². The van der Waals surface area contributed by atoms with E-state index in [-0.39, 0.29) is 30.2 Å². The fraction of sp³-hybridized carbons (Fsp3) is 0.533. The molecular weight excluding hydrogens is 338 g/mol. The van der Waals surface area contributed by atoms with Gasteiger partial charge in [0.05, 0.1) is 0 Å². The first-order valence-electron chi connectivity index (χ1n) is 7.69. The van der Waals surface area contributed by atoms with Crippen molar-refractivity contribution in [3.8, 4) is 0 Å². The molecular formula is C15H20ClN3O3S. The average molecular weight is 358 g/mol. The molecule has 0 spiro atoms. The standard InChI is InChI=1S/C15H19N3O3S.ClH/c19-22(20,18-8-11-4-3-5-12(9-18)16-11)10-14-13-6-1-2-7-15(13)21-17-14;/h1-2,6-7,11-12,16H,3-5,8-10H2;1H. The minimum atomic E-state index is -3.37. The van der Waals surface area contributed by atoms with Crippen molar-refractivity contribution in [1.29, 1.82) is 0 Å². The number of para-hydroxylation sites is 1. The monoisotopic (exact) mass is 357 g/mol. The smallest absolute Gasteiger partial charge is 0.220 e. The number of hydrogen-bond acceptors (Lipinski definition) is 5. The lowest BCUT2D eigenvalue weighted by atomic mass is 9.96. The average Bonchev–Trinajstić information content (AvgIpc) is 2.90. The van der Waals surface area contributed by atoms with Crippen LogP contribution in [0.15, 0.2) is 28.8 Å². The van der Waals surface area contributed by atoms with Crippen LogP contribution in [-0.2, 0) is 15.8 Å². The molecule has 0 radical (unpaired) electrons. The van der Waals surface area contributed by atoms with Crippen LogP contribution in [0.1, 0.15) is 25.0 Å². The minimum Gasteiger partial charge on any atom is -0.356 e. The highest BCUT2D eigenvalue weighted by Gasteiger charge is 2.36. The van der Waals surface area contributed by atoms with Gasteiger partial charge in [0, 0.05) is 30.6 Å². The highest BCUT2D eigenvalue weighted by atomic mass is 35.5. The minimum absolute atomic E-state index is 0. The van der Waals surface area contributed by atoms with Gasteiger partial charge >= 0.3 is 0 Å². The van der Waals surface area contributed by atoms with E-state index in [0.717, 1.165) is 18.2 Å². The van der Waals surface area contributed by atoms with Gasteiger partial charge in [-0.1, -0.05) is 23.7 Å². The third-order valence-corrected chi connectivity index (χ3v) is 6.31. The van der Waals surface area contributed by atoms with Gasteiger partial charge < -0.3 is 9.84 Å². The first-order chi connectivity index (χ1) is 10.6. The largest absolute Gasteiger partial charge is 0.356 e. The SMILES string of the molecule is Cl.O=S(=O)(Cc1noc2ccccc12)N1CC2CCCC(C1)N2. The molecule has 2 atom stereocenters. The normalized spacial score (nSPS) is 25.2. The summed E-state index contributed by atoms with van der Waals surface area (Å²) in [4.78, 5) is 0. The zero-order valence-electron chi connectivity index (χ0n) is 12.6. The molecule has 0 aliphatic carbocycles. The molecule has 23 heavy (non-hydrogen) atoms. The molecule has 1 aromatic carbocycles. The van der Waals surface area contributed by atoms with Crippen molar-refractivity contribution in [2.24, 2.45) is 0 Å². The van der Waals surface area contributed by atoms with E-state index in [0.29, 0.717) is 24.4 Å².